The molecule has 11 heavy (non-hydrogen) atoms. The maximum Gasteiger partial charge on any atom is 0.391 e. The van der Waals surface area contributed by atoms with Crippen LogP contribution in [0.1, 0.15) is 6.42 Å². The Morgan fingerprint density at radius 2 is 2.00 bits per heavy atom. The topological polar surface area (TPSA) is 12.0 Å². The fourth-order valence-corrected chi connectivity index (χ4v) is 2.29. The molecule has 0 aliphatic carbocycles. The summed E-state index contributed by atoms with van der Waals surface area (Å²) in [7, 11) is 4.05. The molecule has 0 radical (unpaired) electrons. The number of halogens is 3. The van der Waals surface area contributed by atoms with E-state index in [1.807, 2.05) is 0 Å². The summed E-state index contributed by atoms with van der Waals surface area (Å²) < 4.78 is 35.3. The monoisotopic (exact) mass is 205 g/mol. The lowest BCUT2D eigenvalue weighted by atomic mass is 10.4. The molecule has 0 heterocycles. The summed E-state index contributed by atoms with van der Waals surface area (Å²) in [5, 5.41) is 2.04. The fourth-order valence-electron chi connectivity index (χ4n) is 0.511. The molecule has 1 nitrogen and oxygen atoms in total. The minimum atomic E-state index is -4.07. The molecule has 0 saturated heterocycles. The van der Waals surface area contributed by atoms with Crippen molar-refractivity contribution in [3.8, 4) is 0 Å². The Balaban J connectivity index is 3.68. The van der Waals surface area contributed by atoms with Crippen LogP contribution < -0.4 is 5.32 Å². The van der Waals surface area contributed by atoms with Gasteiger partial charge in [0, 0.05) is 0 Å². The zero-order chi connectivity index (χ0) is 8.91. The maximum absolute atomic E-state index is 11.8. The summed E-state index contributed by atoms with van der Waals surface area (Å²) in [4.78, 5) is 0. The third-order valence-corrected chi connectivity index (χ3v) is 3.05. The van der Waals surface area contributed by atoms with E-state index in [0.29, 0.717) is 0 Å². The van der Waals surface area contributed by atoms with Crippen molar-refractivity contribution < 1.29 is 13.2 Å². The predicted molar refractivity (Wildman–Crippen MR) is 44.6 cm³/mol. The second-order valence-corrected chi connectivity index (χ2v) is 4.53. The number of nitrogens with one attached hydrogen (secondary N) is 1. The van der Waals surface area contributed by atoms with Crippen LogP contribution in [0.5, 0.6) is 0 Å². The van der Waals surface area contributed by atoms with Crippen molar-refractivity contribution in [2.24, 2.45) is 0 Å². The molecule has 6 heteroatoms. The van der Waals surface area contributed by atoms with Crippen LogP contribution in [-0.4, -0.2) is 24.9 Å². The molecule has 0 aromatic carbocycles. The SMILES string of the molecule is CNC(CC(F)(F)F)SSC. The van der Waals surface area contributed by atoms with Crippen molar-refractivity contribution in [1.82, 2.24) is 5.32 Å². The van der Waals surface area contributed by atoms with E-state index >= 15 is 0 Å². The minimum Gasteiger partial charge on any atom is -0.307 e. The van der Waals surface area contributed by atoms with Gasteiger partial charge in [-0.2, -0.15) is 13.2 Å². The summed E-state index contributed by atoms with van der Waals surface area (Å²) in [5.74, 6) is 0. The number of rotatable bonds is 4. The lowest BCUT2D eigenvalue weighted by molar-refractivity contribution is -0.135. The van der Waals surface area contributed by atoms with E-state index in [-0.39, 0.29) is 0 Å². The van der Waals surface area contributed by atoms with Gasteiger partial charge in [-0.15, -0.1) is 0 Å². The van der Waals surface area contributed by atoms with Crippen LogP contribution in [0.3, 0.4) is 0 Å². The van der Waals surface area contributed by atoms with Crippen LogP contribution >= 0.6 is 21.6 Å². The van der Waals surface area contributed by atoms with E-state index in [1.165, 1.54) is 28.6 Å². The molecule has 0 aromatic rings. The molecule has 1 unspecified atom stereocenters. The van der Waals surface area contributed by atoms with Crippen molar-refractivity contribution in [1.29, 1.82) is 0 Å². The Kier molecular flexibility index (Phi) is 5.37. The molecule has 68 valence electrons. The molecule has 0 bridgehead atoms. The highest BCUT2D eigenvalue weighted by Gasteiger charge is 2.31. The average Bonchev–Trinajstić information content (AvgIpc) is 1.84. The van der Waals surface area contributed by atoms with Crippen molar-refractivity contribution in [2.45, 2.75) is 18.0 Å². The molecule has 0 spiro atoms. The van der Waals surface area contributed by atoms with Crippen molar-refractivity contribution in [3.05, 3.63) is 0 Å². The van der Waals surface area contributed by atoms with Gasteiger partial charge >= 0.3 is 6.18 Å². The Bertz CT molecular complexity index is 106. The van der Waals surface area contributed by atoms with Gasteiger partial charge in [-0.25, -0.2) is 0 Å². The van der Waals surface area contributed by atoms with E-state index in [2.05, 4.69) is 5.32 Å². The largest absolute Gasteiger partial charge is 0.391 e. The molecular formula is C5H10F3NS2. The first kappa shape index (κ1) is 11.4. The zero-order valence-electron chi connectivity index (χ0n) is 6.23. The molecule has 1 atom stereocenters. The van der Waals surface area contributed by atoms with E-state index in [4.69, 9.17) is 0 Å². The molecule has 0 fully saturated rings. The van der Waals surface area contributed by atoms with Crippen LogP contribution in [0.2, 0.25) is 0 Å². The van der Waals surface area contributed by atoms with Crippen LogP contribution in [0, 0.1) is 0 Å². The highest BCUT2D eigenvalue weighted by atomic mass is 33.1. The fraction of sp³-hybridized carbons (Fsp3) is 1.00. The van der Waals surface area contributed by atoms with E-state index in [9.17, 15) is 13.2 Å². The van der Waals surface area contributed by atoms with E-state index < -0.39 is 18.0 Å². The summed E-state index contributed by atoms with van der Waals surface area (Å²) in [6, 6.07) is 0. The van der Waals surface area contributed by atoms with Gasteiger partial charge in [0.05, 0.1) is 11.8 Å². The third kappa shape index (κ3) is 6.83. The Morgan fingerprint density at radius 1 is 1.45 bits per heavy atom. The number of hydrogen-bond acceptors (Lipinski definition) is 3. The standard InChI is InChI=1S/C5H10F3NS2/c1-9-4(11-10-2)3-5(6,7)8/h4,9H,3H2,1-2H3. The molecule has 0 rings (SSSR count). The lowest BCUT2D eigenvalue weighted by Crippen LogP contribution is -2.27. The van der Waals surface area contributed by atoms with E-state index in [1.54, 1.807) is 6.26 Å². The summed E-state index contributed by atoms with van der Waals surface area (Å²) in [6.45, 7) is 0. The molecule has 0 aromatic heterocycles. The quantitative estimate of drug-likeness (QED) is 0.559. The van der Waals surface area contributed by atoms with Gasteiger partial charge in [-0.1, -0.05) is 21.6 Å². The summed E-state index contributed by atoms with van der Waals surface area (Å²) in [6.07, 6.45) is -3.10. The normalized spacial score (nSPS) is 15.0. The highest BCUT2D eigenvalue weighted by molar-refractivity contribution is 8.76. The van der Waals surface area contributed by atoms with Crippen molar-refractivity contribution >= 4 is 21.6 Å². The zero-order valence-corrected chi connectivity index (χ0v) is 7.87. The Morgan fingerprint density at radius 3 is 2.27 bits per heavy atom. The first-order valence-corrected chi connectivity index (χ1v) is 5.55. The summed E-state index contributed by atoms with van der Waals surface area (Å²) >= 11 is 0. The van der Waals surface area contributed by atoms with Gasteiger partial charge in [0.2, 0.25) is 0 Å². The van der Waals surface area contributed by atoms with Crippen LogP contribution in [0.15, 0.2) is 0 Å². The number of hydrogen-bond donors (Lipinski definition) is 1. The highest BCUT2D eigenvalue weighted by Crippen LogP contribution is 2.31. The number of alkyl halides is 3. The van der Waals surface area contributed by atoms with Crippen LogP contribution in [0.4, 0.5) is 13.2 Å². The third-order valence-electron chi connectivity index (χ3n) is 0.951. The van der Waals surface area contributed by atoms with Gasteiger partial charge in [0.25, 0.3) is 0 Å². The second kappa shape index (κ2) is 5.16. The Hall–Kier alpha value is 0.450. The Labute approximate surface area is 71.9 Å². The molecule has 0 saturated carbocycles. The molecule has 0 aliphatic rings. The molecular weight excluding hydrogens is 195 g/mol. The van der Waals surface area contributed by atoms with Crippen molar-refractivity contribution in [3.63, 3.8) is 0 Å². The van der Waals surface area contributed by atoms with Gasteiger partial charge in [0.1, 0.15) is 0 Å². The van der Waals surface area contributed by atoms with Gasteiger partial charge in [-0.3, -0.25) is 0 Å². The molecule has 1 N–H and O–H groups in total. The maximum atomic E-state index is 11.8. The van der Waals surface area contributed by atoms with Gasteiger partial charge in [0.15, 0.2) is 0 Å². The van der Waals surface area contributed by atoms with Crippen LogP contribution in [-0.2, 0) is 0 Å². The lowest BCUT2D eigenvalue weighted by Gasteiger charge is -2.15. The first-order valence-electron chi connectivity index (χ1n) is 2.93. The smallest absolute Gasteiger partial charge is 0.307 e. The molecule has 0 aliphatic heterocycles. The minimum absolute atomic E-state index is 0.537. The van der Waals surface area contributed by atoms with Gasteiger partial charge in [-0.05, 0) is 13.3 Å². The average molecular weight is 205 g/mol. The summed E-state index contributed by atoms with van der Waals surface area (Å²) in [5.41, 5.74) is 0. The van der Waals surface area contributed by atoms with Crippen LogP contribution in [0.25, 0.3) is 0 Å². The molecule has 0 amide bonds. The first-order chi connectivity index (χ1) is 4.99. The van der Waals surface area contributed by atoms with E-state index in [0.717, 1.165) is 0 Å². The second-order valence-electron chi connectivity index (χ2n) is 1.86. The van der Waals surface area contributed by atoms with Crippen molar-refractivity contribution in [2.75, 3.05) is 13.3 Å². The van der Waals surface area contributed by atoms with Gasteiger partial charge < -0.3 is 5.32 Å². The predicted octanol–water partition coefficient (Wildman–Crippen LogP) is 2.50.